The van der Waals surface area contributed by atoms with Gasteiger partial charge in [0.15, 0.2) is 0 Å². The molecular formula is C11H13BrN2. The second kappa shape index (κ2) is 5.02. The molecule has 0 aliphatic heterocycles. The molecule has 2 nitrogen and oxygen atoms in total. The van der Waals surface area contributed by atoms with E-state index < -0.39 is 0 Å². The number of hydrogen-bond donors (Lipinski definition) is 0. The number of hydrogen-bond acceptors (Lipinski definition) is 2. The first-order valence-corrected chi connectivity index (χ1v) is 5.46. The molecule has 0 spiro atoms. The van der Waals surface area contributed by atoms with Crippen LogP contribution in [-0.4, -0.2) is 13.1 Å². The van der Waals surface area contributed by atoms with E-state index in [-0.39, 0.29) is 0 Å². The zero-order valence-electron chi connectivity index (χ0n) is 8.42. The van der Waals surface area contributed by atoms with Crippen molar-refractivity contribution in [2.75, 3.05) is 18.0 Å². The van der Waals surface area contributed by atoms with Gasteiger partial charge in [-0.05, 0) is 32.0 Å². The molecular weight excluding hydrogens is 240 g/mol. The largest absolute Gasteiger partial charge is 0.371 e. The summed E-state index contributed by atoms with van der Waals surface area (Å²) in [4.78, 5) is 2.17. The van der Waals surface area contributed by atoms with Crippen molar-refractivity contribution in [3.05, 3.63) is 28.2 Å². The highest BCUT2D eigenvalue weighted by atomic mass is 79.9. The van der Waals surface area contributed by atoms with Crippen molar-refractivity contribution in [2.24, 2.45) is 0 Å². The van der Waals surface area contributed by atoms with Crippen LogP contribution in [0.5, 0.6) is 0 Å². The van der Waals surface area contributed by atoms with Crippen molar-refractivity contribution in [2.45, 2.75) is 13.8 Å². The Kier molecular flexibility index (Phi) is 3.97. The minimum Gasteiger partial charge on any atom is -0.371 e. The predicted octanol–water partition coefficient (Wildman–Crippen LogP) is 3.17. The lowest BCUT2D eigenvalue weighted by Crippen LogP contribution is -2.22. The first kappa shape index (κ1) is 11.1. The summed E-state index contributed by atoms with van der Waals surface area (Å²) in [7, 11) is 0. The summed E-state index contributed by atoms with van der Waals surface area (Å²) in [5, 5.41) is 8.96. The lowest BCUT2D eigenvalue weighted by atomic mass is 10.2. The van der Waals surface area contributed by atoms with Gasteiger partial charge in [0, 0.05) is 17.6 Å². The molecule has 0 unspecified atom stereocenters. The van der Waals surface area contributed by atoms with E-state index in [2.05, 4.69) is 40.7 Å². The summed E-state index contributed by atoms with van der Waals surface area (Å²) >= 11 is 3.42. The fourth-order valence-electron chi connectivity index (χ4n) is 1.43. The van der Waals surface area contributed by atoms with Crippen molar-refractivity contribution in [3.8, 4) is 6.07 Å². The van der Waals surface area contributed by atoms with E-state index in [1.54, 1.807) is 0 Å². The highest BCUT2D eigenvalue weighted by Gasteiger charge is 2.07. The van der Waals surface area contributed by atoms with Crippen molar-refractivity contribution >= 4 is 21.6 Å². The molecule has 3 heteroatoms. The molecule has 0 saturated heterocycles. The van der Waals surface area contributed by atoms with Crippen molar-refractivity contribution < 1.29 is 0 Å². The third kappa shape index (κ3) is 2.27. The highest BCUT2D eigenvalue weighted by molar-refractivity contribution is 9.10. The van der Waals surface area contributed by atoms with Gasteiger partial charge in [0.25, 0.3) is 0 Å². The Balaban J connectivity index is 3.16. The minimum absolute atomic E-state index is 0.733. The molecule has 1 rings (SSSR count). The maximum absolute atomic E-state index is 8.96. The minimum atomic E-state index is 0.733. The SMILES string of the molecule is CCN(CC)c1cc(Br)ccc1C#N. The molecule has 0 bridgehead atoms. The van der Waals surface area contributed by atoms with Crippen molar-refractivity contribution in [1.82, 2.24) is 0 Å². The topological polar surface area (TPSA) is 27.0 Å². The molecule has 0 saturated carbocycles. The summed E-state index contributed by atoms with van der Waals surface area (Å²) in [5.41, 5.74) is 1.74. The van der Waals surface area contributed by atoms with Crippen molar-refractivity contribution in [3.63, 3.8) is 0 Å². The van der Waals surface area contributed by atoms with Crippen molar-refractivity contribution in [1.29, 1.82) is 5.26 Å². The molecule has 0 amide bonds. The Morgan fingerprint density at radius 3 is 2.50 bits per heavy atom. The summed E-state index contributed by atoms with van der Waals surface area (Å²) in [6.07, 6.45) is 0. The van der Waals surface area contributed by atoms with E-state index in [1.807, 2.05) is 18.2 Å². The Labute approximate surface area is 93.3 Å². The van der Waals surface area contributed by atoms with Gasteiger partial charge < -0.3 is 4.90 Å². The van der Waals surface area contributed by atoms with Gasteiger partial charge in [0.1, 0.15) is 6.07 Å². The summed E-state index contributed by atoms with van der Waals surface area (Å²) in [6, 6.07) is 7.94. The third-order valence-corrected chi connectivity index (χ3v) is 2.68. The maximum atomic E-state index is 8.96. The Morgan fingerprint density at radius 1 is 1.36 bits per heavy atom. The molecule has 0 radical (unpaired) electrons. The van der Waals surface area contributed by atoms with Crippen LogP contribution in [-0.2, 0) is 0 Å². The average Bonchev–Trinajstić information content (AvgIpc) is 2.20. The Hall–Kier alpha value is -1.01. The monoisotopic (exact) mass is 252 g/mol. The molecule has 1 aromatic rings. The second-order valence-electron chi connectivity index (χ2n) is 2.95. The van der Waals surface area contributed by atoms with Crippen LogP contribution in [0.25, 0.3) is 0 Å². The highest BCUT2D eigenvalue weighted by Crippen LogP contribution is 2.24. The Bertz CT molecular complexity index is 351. The van der Waals surface area contributed by atoms with Crippen LogP contribution in [0.3, 0.4) is 0 Å². The molecule has 74 valence electrons. The van der Waals surface area contributed by atoms with E-state index in [0.717, 1.165) is 28.8 Å². The lowest BCUT2D eigenvalue weighted by molar-refractivity contribution is 0.864. The number of anilines is 1. The number of halogens is 1. The standard InChI is InChI=1S/C11H13BrN2/c1-3-14(4-2)11-7-10(12)6-5-9(11)8-13/h5-7H,3-4H2,1-2H3. The maximum Gasteiger partial charge on any atom is 0.101 e. The number of nitrogens with zero attached hydrogens (tertiary/aromatic N) is 2. The van der Waals surface area contributed by atoms with E-state index in [9.17, 15) is 0 Å². The van der Waals surface area contributed by atoms with Crippen LogP contribution in [0.4, 0.5) is 5.69 Å². The van der Waals surface area contributed by atoms with Crippen LogP contribution in [0, 0.1) is 11.3 Å². The summed E-state index contributed by atoms with van der Waals surface area (Å²) < 4.78 is 1.01. The van der Waals surface area contributed by atoms with Gasteiger partial charge in [0.05, 0.1) is 11.3 Å². The predicted molar refractivity (Wildman–Crippen MR) is 62.4 cm³/mol. The molecule has 0 aliphatic carbocycles. The molecule has 0 aliphatic rings. The molecule has 14 heavy (non-hydrogen) atoms. The summed E-state index contributed by atoms with van der Waals surface area (Å²) in [6.45, 7) is 6.01. The van der Waals surface area contributed by atoms with Crippen LogP contribution >= 0.6 is 15.9 Å². The molecule has 0 atom stereocenters. The fraction of sp³-hybridized carbons (Fsp3) is 0.364. The van der Waals surface area contributed by atoms with Gasteiger partial charge in [-0.1, -0.05) is 15.9 Å². The molecule has 0 N–H and O–H groups in total. The third-order valence-electron chi connectivity index (χ3n) is 2.18. The zero-order valence-corrected chi connectivity index (χ0v) is 10.0. The van der Waals surface area contributed by atoms with Gasteiger partial charge in [-0.3, -0.25) is 0 Å². The van der Waals surface area contributed by atoms with Gasteiger partial charge in [-0.2, -0.15) is 5.26 Å². The van der Waals surface area contributed by atoms with Crippen LogP contribution in [0.15, 0.2) is 22.7 Å². The molecule has 1 aromatic carbocycles. The quantitative estimate of drug-likeness (QED) is 0.827. The number of rotatable bonds is 3. The Morgan fingerprint density at radius 2 is 2.00 bits per heavy atom. The second-order valence-corrected chi connectivity index (χ2v) is 3.86. The van der Waals surface area contributed by atoms with E-state index >= 15 is 0 Å². The van der Waals surface area contributed by atoms with Gasteiger partial charge in [0.2, 0.25) is 0 Å². The number of nitriles is 1. The van der Waals surface area contributed by atoms with Crippen LogP contribution in [0.2, 0.25) is 0 Å². The smallest absolute Gasteiger partial charge is 0.101 e. The first-order valence-electron chi connectivity index (χ1n) is 4.67. The van der Waals surface area contributed by atoms with E-state index in [1.165, 1.54) is 0 Å². The van der Waals surface area contributed by atoms with E-state index in [4.69, 9.17) is 5.26 Å². The normalized spacial score (nSPS) is 9.57. The summed E-state index contributed by atoms with van der Waals surface area (Å²) in [5.74, 6) is 0. The lowest BCUT2D eigenvalue weighted by Gasteiger charge is -2.22. The zero-order chi connectivity index (χ0) is 10.6. The number of benzene rings is 1. The first-order chi connectivity index (χ1) is 6.72. The molecule has 0 fully saturated rings. The molecule has 0 aromatic heterocycles. The van der Waals surface area contributed by atoms with Gasteiger partial charge in [-0.25, -0.2) is 0 Å². The van der Waals surface area contributed by atoms with E-state index in [0.29, 0.717) is 0 Å². The average molecular weight is 253 g/mol. The van der Waals surface area contributed by atoms with Gasteiger partial charge >= 0.3 is 0 Å². The molecule has 0 heterocycles. The van der Waals surface area contributed by atoms with Crippen LogP contribution in [0.1, 0.15) is 19.4 Å². The van der Waals surface area contributed by atoms with Crippen LogP contribution < -0.4 is 4.90 Å². The van der Waals surface area contributed by atoms with Gasteiger partial charge in [-0.15, -0.1) is 0 Å². The fourth-order valence-corrected chi connectivity index (χ4v) is 1.77.